The molecule has 2 rings (SSSR count). The molecule has 0 radical (unpaired) electrons. The number of aryl methyl sites for hydroxylation is 1. The zero-order valence-corrected chi connectivity index (χ0v) is 12.0. The molecule has 0 aliphatic carbocycles. The van der Waals surface area contributed by atoms with Gasteiger partial charge in [-0.2, -0.15) is 0 Å². The van der Waals surface area contributed by atoms with Crippen LogP contribution in [0.4, 0.5) is 4.39 Å². The number of ketones is 1. The van der Waals surface area contributed by atoms with Crippen molar-refractivity contribution in [2.75, 3.05) is 7.11 Å². The minimum atomic E-state index is -0.419. The molecule has 0 saturated heterocycles. The third-order valence-electron chi connectivity index (χ3n) is 3.09. The first-order valence-corrected chi connectivity index (χ1v) is 6.51. The lowest BCUT2D eigenvalue weighted by Gasteiger charge is -2.09. The average Bonchev–Trinajstić information content (AvgIpc) is 2.41. The van der Waals surface area contributed by atoms with E-state index in [0.717, 1.165) is 5.56 Å². The fraction of sp³-hybridized carbons (Fsp3) is 0.188. The zero-order chi connectivity index (χ0) is 14.7. The van der Waals surface area contributed by atoms with E-state index in [1.54, 1.807) is 31.2 Å². The van der Waals surface area contributed by atoms with Crippen LogP contribution in [0.2, 0.25) is 5.02 Å². The summed E-state index contributed by atoms with van der Waals surface area (Å²) in [7, 11) is 1.53. The molecule has 104 valence electrons. The van der Waals surface area contributed by atoms with Gasteiger partial charge in [-0.05, 0) is 42.8 Å². The first kappa shape index (κ1) is 14.5. The number of benzene rings is 2. The second-order valence-electron chi connectivity index (χ2n) is 4.52. The standard InChI is InChI=1S/C16H14ClFO2/c1-10-3-5-13(18)9-14(10)15(19)8-11-7-12(17)4-6-16(11)20-2/h3-7,9H,8H2,1-2H3. The first-order chi connectivity index (χ1) is 9.51. The van der Waals surface area contributed by atoms with E-state index in [1.807, 2.05) is 0 Å². The Bertz CT molecular complexity index is 653. The van der Waals surface area contributed by atoms with Gasteiger partial charge in [-0.15, -0.1) is 0 Å². The Kier molecular flexibility index (Phi) is 4.40. The molecule has 2 nitrogen and oxygen atoms in total. The Hall–Kier alpha value is -1.87. The maximum Gasteiger partial charge on any atom is 0.167 e. The van der Waals surface area contributed by atoms with Crippen molar-refractivity contribution in [1.29, 1.82) is 0 Å². The largest absolute Gasteiger partial charge is 0.496 e. The van der Waals surface area contributed by atoms with Gasteiger partial charge in [-0.3, -0.25) is 4.79 Å². The minimum absolute atomic E-state index is 0.119. The molecule has 2 aromatic carbocycles. The van der Waals surface area contributed by atoms with Crippen LogP contribution in [0.5, 0.6) is 5.75 Å². The van der Waals surface area contributed by atoms with E-state index < -0.39 is 5.82 Å². The Morgan fingerprint density at radius 1 is 1.25 bits per heavy atom. The van der Waals surface area contributed by atoms with Crippen LogP contribution < -0.4 is 4.74 Å². The smallest absolute Gasteiger partial charge is 0.167 e. The summed E-state index contributed by atoms with van der Waals surface area (Å²) in [6.45, 7) is 1.78. The van der Waals surface area contributed by atoms with Crippen LogP contribution in [0.25, 0.3) is 0 Å². The Morgan fingerprint density at radius 2 is 2.00 bits per heavy atom. The molecule has 0 fully saturated rings. The van der Waals surface area contributed by atoms with E-state index in [1.165, 1.54) is 19.2 Å². The first-order valence-electron chi connectivity index (χ1n) is 6.13. The number of carbonyl (C=O) groups excluding carboxylic acids is 1. The predicted molar refractivity (Wildman–Crippen MR) is 77.2 cm³/mol. The quantitative estimate of drug-likeness (QED) is 0.789. The fourth-order valence-electron chi connectivity index (χ4n) is 2.05. The summed E-state index contributed by atoms with van der Waals surface area (Å²) >= 11 is 5.93. The number of carbonyl (C=O) groups is 1. The average molecular weight is 293 g/mol. The van der Waals surface area contributed by atoms with Gasteiger partial charge in [-0.25, -0.2) is 4.39 Å². The molecule has 2 aromatic rings. The highest BCUT2D eigenvalue weighted by molar-refractivity contribution is 6.30. The van der Waals surface area contributed by atoms with Crippen molar-refractivity contribution in [2.24, 2.45) is 0 Å². The zero-order valence-electron chi connectivity index (χ0n) is 11.2. The molecule has 0 heterocycles. The SMILES string of the molecule is COc1ccc(Cl)cc1CC(=O)c1cc(F)ccc1C. The molecule has 0 atom stereocenters. The van der Waals surface area contributed by atoms with Crippen molar-refractivity contribution in [2.45, 2.75) is 13.3 Å². The number of hydrogen-bond donors (Lipinski definition) is 0. The summed E-state index contributed by atoms with van der Waals surface area (Å²) in [6.07, 6.45) is 0.119. The van der Waals surface area contributed by atoms with Gasteiger partial charge in [0.25, 0.3) is 0 Å². The monoisotopic (exact) mass is 292 g/mol. The van der Waals surface area contributed by atoms with Gasteiger partial charge in [0, 0.05) is 22.6 Å². The Labute approximate surface area is 122 Å². The van der Waals surface area contributed by atoms with E-state index in [-0.39, 0.29) is 12.2 Å². The number of hydrogen-bond acceptors (Lipinski definition) is 2. The third kappa shape index (κ3) is 3.17. The van der Waals surface area contributed by atoms with Crippen molar-refractivity contribution in [3.63, 3.8) is 0 Å². The topological polar surface area (TPSA) is 26.3 Å². The Morgan fingerprint density at radius 3 is 2.70 bits per heavy atom. The van der Waals surface area contributed by atoms with Crippen LogP contribution in [-0.2, 0) is 6.42 Å². The fourth-order valence-corrected chi connectivity index (χ4v) is 2.24. The van der Waals surface area contributed by atoms with Gasteiger partial charge >= 0.3 is 0 Å². The second-order valence-corrected chi connectivity index (χ2v) is 4.95. The van der Waals surface area contributed by atoms with Gasteiger partial charge in [0.15, 0.2) is 5.78 Å². The molecule has 0 aliphatic heterocycles. The minimum Gasteiger partial charge on any atom is -0.496 e. The van der Waals surface area contributed by atoms with Crippen LogP contribution in [0.15, 0.2) is 36.4 Å². The van der Waals surface area contributed by atoms with Crippen LogP contribution in [0.1, 0.15) is 21.5 Å². The van der Waals surface area contributed by atoms with E-state index >= 15 is 0 Å². The molecule has 0 spiro atoms. The molecule has 20 heavy (non-hydrogen) atoms. The normalized spacial score (nSPS) is 10.4. The van der Waals surface area contributed by atoms with Crippen molar-refractivity contribution >= 4 is 17.4 Å². The summed E-state index contributed by atoms with van der Waals surface area (Å²) in [5.41, 5.74) is 1.82. The molecule has 4 heteroatoms. The molecule has 0 bridgehead atoms. The highest BCUT2D eigenvalue weighted by Crippen LogP contribution is 2.24. The molecule has 0 N–H and O–H groups in total. The highest BCUT2D eigenvalue weighted by atomic mass is 35.5. The molecular formula is C16H14ClFO2. The van der Waals surface area contributed by atoms with Crippen molar-refractivity contribution in [3.05, 3.63) is 63.9 Å². The lowest BCUT2D eigenvalue weighted by atomic mass is 9.98. The maximum atomic E-state index is 13.3. The number of ether oxygens (including phenoxy) is 1. The van der Waals surface area contributed by atoms with Gasteiger partial charge in [0.2, 0.25) is 0 Å². The van der Waals surface area contributed by atoms with E-state index in [4.69, 9.17) is 16.3 Å². The summed E-state index contributed by atoms with van der Waals surface area (Å²) in [6, 6.07) is 9.29. The lowest BCUT2D eigenvalue weighted by Crippen LogP contribution is -2.07. The number of Topliss-reactive ketones (excluding diaryl/α,β-unsaturated/α-hetero) is 1. The molecule has 0 aromatic heterocycles. The van der Waals surface area contributed by atoms with Crippen molar-refractivity contribution in [3.8, 4) is 5.75 Å². The van der Waals surface area contributed by atoms with Crippen molar-refractivity contribution < 1.29 is 13.9 Å². The molecular weight excluding hydrogens is 279 g/mol. The molecule has 0 saturated carbocycles. The molecule has 0 aliphatic rings. The number of halogens is 2. The van der Waals surface area contributed by atoms with E-state index in [2.05, 4.69) is 0 Å². The summed E-state index contributed by atoms with van der Waals surface area (Å²) in [5, 5.41) is 0.532. The number of methoxy groups -OCH3 is 1. The van der Waals surface area contributed by atoms with Crippen LogP contribution >= 0.6 is 11.6 Å². The van der Waals surface area contributed by atoms with Crippen LogP contribution in [0, 0.1) is 12.7 Å². The van der Waals surface area contributed by atoms with E-state index in [0.29, 0.717) is 21.9 Å². The van der Waals surface area contributed by atoms with Gasteiger partial charge in [0.1, 0.15) is 11.6 Å². The van der Waals surface area contributed by atoms with E-state index in [9.17, 15) is 9.18 Å². The summed E-state index contributed by atoms with van der Waals surface area (Å²) in [4.78, 5) is 12.3. The van der Waals surface area contributed by atoms with Crippen LogP contribution in [0.3, 0.4) is 0 Å². The van der Waals surface area contributed by atoms with Crippen molar-refractivity contribution in [1.82, 2.24) is 0 Å². The lowest BCUT2D eigenvalue weighted by molar-refractivity contribution is 0.0991. The highest BCUT2D eigenvalue weighted by Gasteiger charge is 2.14. The van der Waals surface area contributed by atoms with Gasteiger partial charge < -0.3 is 4.74 Å². The Balaban J connectivity index is 2.32. The van der Waals surface area contributed by atoms with Crippen LogP contribution in [-0.4, -0.2) is 12.9 Å². The number of rotatable bonds is 4. The third-order valence-corrected chi connectivity index (χ3v) is 3.33. The summed E-state index contributed by atoms with van der Waals surface area (Å²) < 4.78 is 18.5. The predicted octanol–water partition coefficient (Wildman–Crippen LogP) is 4.22. The molecule has 0 amide bonds. The summed E-state index contributed by atoms with van der Waals surface area (Å²) in [5.74, 6) is 0.0105. The van der Waals surface area contributed by atoms with Gasteiger partial charge in [-0.1, -0.05) is 17.7 Å². The molecule has 0 unspecified atom stereocenters. The maximum absolute atomic E-state index is 13.3. The second kappa shape index (κ2) is 6.06. The van der Waals surface area contributed by atoms with Gasteiger partial charge in [0.05, 0.1) is 7.11 Å².